The third-order valence-corrected chi connectivity index (χ3v) is 7.92. The number of carbonyl (C=O) groups is 2. The Kier molecular flexibility index (Phi) is 7.48. The number of aliphatic hydroxyl groups excluding tert-OH is 1. The van der Waals surface area contributed by atoms with Crippen LogP contribution in [0.4, 0.5) is 4.79 Å². The molecule has 4 aromatic rings. The normalized spacial score (nSPS) is 16.9. The maximum absolute atomic E-state index is 14.1. The number of imide groups is 1. The third kappa shape index (κ3) is 4.92. The number of nitrogens with zero attached hydrogens (tertiary/aromatic N) is 4. The van der Waals surface area contributed by atoms with E-state index in [0.29, 0.717) is 13.0 Å². The van der Waals surface area contributed by atoms with Crippen molar-refractivity contribution >= 4 is 23.0 Å². The van der Waals surface area contributed by atoms with Gasteiger partial charge in [0.25, 0.3) is 0 Å². The first kappa shape index (κ1) is 26.6. The van der Waals surface area contributed by atoms with Gasteiger partial charge in [-0.2, -0.15) is 0 Å². The molecule has 1 fully saturated rings. The van der Waals surface area contributed by atoms with E-state index in [1.807, 2.05) is 93.0 Å². The smallest absolute Gasteiger partial charge is 0.416 e. The minimum absolute atomic E-state index is 0.102. The minimum atomic E-state index is -0.607. The van der Waals surface area contributed by atoms with E-state index >= 15 is 0 Å². The fourth-order valence-electron chi connectivity index (χ4n) is 5.68. The Morgan fingerprint density at radius 3 is 2.62 bits per heavy atom. The lowest BCUT2D eigenvalue weighted by Crippen LogP contribution is -2.44. The number of carbonyl (C=O) groups excluding carboxylic acids is 2. The standard InChI is InChI=1S/C31H34N4O4/c1-5-34-27-14-13-26(20(3)29(27)32-33-34)28(23-12-11-19(2)24(16-23)17-36)21(4)30(37)35-25(18-39-31(35)38)15-22-9-7-6-8-10-22/h6-14,16,21,25,28,36H,5,15,17-18H2,1-4H3/t21-,25-,28+/m1/s1. The van der Waals surface area contributed by atoms with Gasteiger partial charge in [-0.25, -0.2) is 14.4 Å². The number of fused-ring (bicyclic) bond motifs is 1. The van der Waals surface area contributed by atoms with Crippen LogP contribution in [-0.2, 0) is 29.1 Å². The zero-order chi connectivity index (χ0) is 27.7. The fraction of sp³-hybridized carbons (Fsp3) is 0.355. The molecule has 0 aliphatic carbocycles. The van der Waals surface area contributed by atoms with Gasteiger partial charge in [-0.1, -0.05) is 66.7 Å². The number of amides is 2. The van der Waals surface area contributed by atoms with Gasteiger partial charge in [-0.05, 0) is 66.6 Å². The number of aliphatic hydroxyl groups is 1. The Morgan fingerprint density at radius 1 is 1.13 bits per heavy atom. The Morgan fingerprint density at radius 2 is 1.90 bits per heavy atom. The van der Waals surface area contributed by atoms with Crippen molar-refractivity contribution in [1.29, 1.82) is 0 Å². The topological polar surface area (TPSA) is 97.5 Å². The van der Waals surface area contributed by atoms with E-state index in [2.05, 4.69) is 10.3 Å². The van der Waals surface area contributed by atoms with Gasteiger partial charge in [0.05, 0.1) is 18.2 Å². The van der Waals surface area contributed by atoms with Crippen molar-refractivity contribution in [1.82, 2.24) is 19.9 Å². The lowest BCUT2D eigenvalue weighted by Gasteiger charge is -2.30. The summed E-state index contributed by atoms with van der Waals surface area (Å²) in [5.74, 6) is -1.27. The van der Waals surface area contributed by atoms with Gasteiger partial charge < -0.3 is 9.84 Å². The molecule has 0 saturated carbocycles. The Balaban J connectivity index is 1.57. The Bertz CT molecular complexity index is 1510. The van der Waals surface area contributed by atoms with Crippen molar-refractivity contribution in [2.24, 2.45) is 5.92 Å². The Labute approximate surface area is 228 Å². The van der Waals surface area contributed by atoms with Gasteiger partial charge >= 0.3 is 6.09 Å². The lowest BCUT2D eigenvalue weighted by molar-refractivity contribution is -0.133. The second-order valence-electron chi connectivity index (χ2n) is 10.3. The molecule has 3 atom stereocenters. The van der Waals surface area contributed by atoms with Crippen LogP contribution in [0.3, 0.4) is 0 Å². The van der Waals surface area contributed by atoms with Crippen LogP contribution in [-0.4, -0.2) is 49.6 Å². The molecule has 39 heavy (non-hydrogen) atoms. The molecule has 0 bridgehead atoms. The lowest BCUT2D eigenvalue weighted by atomic mass is 9.78. The summed E-state index contributed by atoms with van der Waals surface area (Å²) in [6.45, 7) is 8.60. The van der Waals surface area contributed by atoms with E-state index in [1.54, 1.807) is 0 Å². The van der Waals surface area contributed by atoms with E-state index < -0.39 is 12.0 Å². The molecule has 202 valence electrons. The summed E-state index contributed by atoms with van der Waals surface area (Å²) in [6.07, 6.45) is -0.0791. The van der Waals surface area contributed by atoms with Crippen LogP contribution in [0.5, 0.6) is 0 Å². The minimum Gasteiger partial charge on any atom is -0.447 e. The van der Waals surface area contributed by atoms with Crippen LogP contribution in [0.15, 0.2) is 60.7 Å². The van der Waals surface area contributed by atoms with E-state index in [-0.39, 0.29) is 31.1 Å². The zero-order valence-electron chi connectivity index (χ0n) is 22.8. The number of rotatable bonds is 8. The van der Waals surface area contributed by atoms with Gasteiger partial charge in [0, 0.05) is 18.4 Å². The average molecular weight is 527 g/mol. The maximum Gasteiger partial charge on any atom is 0.416 e. The molecule has 0 spiro atoms. The third-order valence-electron chi connectivity index (χ3n) is 7.92. The van der Waals surface area contributed by atoms with Crippen molar-refractivity contribution in [3.63, 3.8) is 0 Å². The maximum atomic E-state index is 14.1. The summed E-state index contributed by atoms with van der Waals surface area (Å²) < 4.78 is 7.22. The summed E-state index contributed by atoms with van der Waals surface area (Å²) in [5, 5.41) is 18.7. The monoisotopic (exact) mass is 526 g/mol. The van der Waals surface area contributed by atoms with Crippen LogP contribution in [0, 0.1) is 19.8 Å². The zero-order valence-corrected chi connectivity index (χ0v) is 22.8. The fourth-order valence-corrected chi connectivity index (χ4v) is 5.68. The number of aromatic nitrogens is 3. The molecule has 1 N–H and O–H groups in total. The molecule has 2 heterocycles. The molecule has 1 aliphatic heterocycles. The number of benzene rings is 3. The first-order valence-corrected chi connectivity index (χ1v) is 13.4. The molecule has 2 amide bonds. The summed E-state index contributed by atoms with van der Waals surface area (Å²) in [7, 11) is 0. The second-order valence-corrected chi connectivity index (χ2v) is 10.3. The predicted octanol–water partition coefficient (Wildman–Crippen LogP) is 4.92. The number of cyclic esters (lactones) is 1. The van der Waals surface area contributed by atoms with Gasteiger partial charge in [-0.3, -0.25) is 4.79 Å². The van der Waals surface area contributed by atoms with Gasteiger partial charge in [-0.15, -0.1) is 5.10 Å². The molecule has 1 aromatic heterocycles. The van der Waals surface area contributed by atoms with Crippen molar-refractivity contribution in [3.8, 4) is 0 Å². The largest absolute Gasteiger partial charge is 0.447 e. The van der Waals surface area contributed by atoms with Crippen molar-refractivity contribution in [2.75, 3.05) is 6.61 Å². The SMILES string of the molecule is CCn1nnc2c(C)c([C@H](c3ccc(C)c(CO)c3)[C@@H](C)C(=O)N3C(=O)OC[C@H]3Cc3ccccc3)ccc21. The summed E-state index contributed by atoms with van der Waals surface area (Å²) in [6, 6.07) is 19.4. The number of aryl methyl sites for hydroxylation is 3. The first-order chi connectivity index (χ1) is 18.8. The molecular formula is C31H34N4O4. The highest BCUT2D eigenvalue weighted by atomic mass is 16.6. The van der Waals surface area contributed by atoms with E-state index in [1.165, 1.54) is 4.90 Å². The van der Waals surface area contributed by atoms with Gasteiger partial charge in [0.2, 0.25) is 5.91 Å². The van der Waals surface area contributed by atoms with E-state index in [0.717, 1.165) is 44.4 Å². The number of hydrogen-bond acceptors (Lipinski definition) is 6. The van der Waals surface area contributed by atoms with Crippen molar-refractivity contribution in [2.45, 2.75) is 59.2 Å². The van der Waals surface area contributed by atoms with Crippen molar-refractivity contribution in [3.05, 3.63) is 94.0 Å². The number of hydrogen-bond donors (Lipinski definition) is 1. The van der Waals surface area contributed by atoms with Crippen LogP contribution in [0.2, 0.25) is 0 Å². The molecule has 3 aromatic carbocycles. The van der Waals surface area contributed by atoms with Gasteiger partial charge in [0.15, 0.2) is 0 Å². The molecule has 1 aliphatic rings. The van der Waals surface area contributed by atoms with Crippen LogP contribution < -0.4 is 0 Å². The van der Waals surface area contributed by atoms with Crippen molar-refractivity contribution < 1.29 is 19.4 Å². The molecule has 0 radical (unpaired) electrons. The molecule has 1 saturated heterocycles. The molecule has 8 heteroatoms. The summed E-state index contributed by atoms with van der Waals surface area (Å²) in [4.78, 5) is 28.3. The highest BCUT2D eigenvalue weighted by Crippen LogP contribution is 2.38. The summed E-state index contributed by atoms with van der Waals surface area (Å²) >= 11 is 0. The first-order valence-electron chi connectivity index (χ1n) is 13.4. The molecular weight excluding hydrogens is 492 g/mol. The molecule has 5 rings (SSSR count). The molecule has 8 nitrogen and oxygen atoms in total. The van der Waals surface area contributed by atoms with Crippen LogP contribution >= 0.6 is 0 Å². The molecule has 0 unspecified atom stereocenters. The quantitative estimate of drug-likeness (QED) is 0.350. The van der Waals surface area contributed by atoms with Gasteiger partial charge in [0.1, 0.15) is 12.1 Å². The van der Waals surface area contributed by atoms with Crippen LogP contribution in [0.1, 0.15) is 53.1 Å². The highest BCUT2D eigenvalue weighted by Gasteiger charge is 2.42. The van der Waals surface area contributed by atoms with E-state index in [9.17, 15) is 14.7 Å². The summed E-state index contributed by atoms with van der Waals surface area (Å²) in [5.41, 5.74) is 7.30. The highest BCUT2D eigenvalue weighted by molar-refractivity contribution is 5.95. The van der Waals surface area contributed by atoms with E-state index in [4.69, 9.17) is 4.74 Å². The average Bonchev–Trinajstić information content (AvgIpc) is 3.54. The Hall–Kier alpha value is -4.04. The second kappa shape index (κ2) is 11.0. The predicted molar refractivity (Wildman–Crippen MR) is 148 cm³/mol. The number of ether oxygens (including phenoxy) is 1. The van der Waals surface area contributed by atoms with Crippen LogP contribution in [0.25, 0.3) is 11.0 Å².